The van der Waals surface area contributed by atoms with Crippen molar-refractivity contribution in [3.8, 4) is 5.75 Å². The van der Waals surface area contributed by atoms with Crippen LogP contribution in [0.15, 0.2) is 54.7 Å². The number of anilines is 1. The molecule has 0 atom stereocenters. The van der Waals surface area contributed by atoms with Gasteiger partial charge in [-0.3, -0.25) is 9.78 Å². The monoisotopic (exact) mass is 278 g/mol. The number of amides is 1. The topological polar surface area (TPSA) is 62.2 Å². The minimum atomic E-state index is -0.213. The van der Waals surface area contributed by atoms with Gasteiger partial charge in [0.15, 0.2) is 0 Å². The molecule has 21 heavy (non-hydrogen) atoms. The molecule has 1 aromatic heterocycles. The van der Waals surface area contributed by atoms with Crippen LogP contribution < -0.4 is 5.32 Å². The van der Waals surface area contributed by atoms with Crippen molar-refractivity contribution in [2.45, 2.75) is 6.92 Å². The van der Waals surface area contributed by atoms with Crippen LogP contribution in [0, 0.1) is 6.92 Å². The number of carbonyl (C=O) groups is 1. The van der Waals surface area contributed by atoms with Crippen LogP contribution in [0.5, 0.6) is 5.75 Å². The lowest BCUT2D eigenvalue weighted by atomic mass is 10.1. The van der Waals surface area contributed by atoms with Crippen molar-refractivity contribution in [1.29, 1.82) is 0 Å². The van der Waals surface area contributed by atoms with Gasteiger partial charge in [-0.25, -0.2) is 0 Å². The van der Waals surface area contributed by atoms with Gasteiger partial charge in [0, 0.05) is 17.1 Å². The lowest BCUT2D eigenvalue weighted by Crippen LogP contribution is -2.12. The first-order valence-corrected chi connectivity index (χ1v) is 6.60. The molecule has 1 heterocycles. The first-order chi connectivity index (χ1) is 10.1. The Labute approximate surface area is 122 Å². The zero-order valence-electron chi connectivity index (χ0n) is 11.5. The van der Waals surface area contributed by atoms with E-state index in [4.69, 9.17) is 0 Å². The zero-order chi connectivity index (χ0) is 14.8. The SMILES string of the molecule is Cc1cc(C(=O)Nc2cccc3ncccc23)ccc1O. The van der Waals surface area contributed by atoms with Crippen LogP contribution in [0.4, 0.5) is 5.69 Å². The van der Waals surface area contributed by atoms with E-state index in [1.807, 2.05) is 30.3 Å². The molecule has 1 amide bonds. The van der Waals surface area contributed by atoms with Crippen molar-refractivity contribution in [1.82, 2.24) is 4.98 Å². The van der Waals surface area contributed by atoms with Crippen molar-refractivity contribution < 1.29 is 9.90 Å². The third-order valence-electron chi connectivity index (χ3n) is 3.35. The van der Waals surface area contributed by atoms with Gasteiger partial charge in [-0.1, -0.05) is 6.07 Å². The molecule has 3 rings (SSSR count). The second kappa shape index (κ2) is 5.25. The minimum absolute atomic E-state index is 0.181. The summed E-state index contributed by atoms with van der Waals surface area (Å²) in [5.41, 5.74) is 2.72. The first-order valence-electron chi connectivity index (χ1n) is 6.60. The summed E-state index contributed by atoms with van der Waals surface area (Å²) in [6.45, 7) is 1.76. The number of hydrogen-bond donors (Lipinski definition) is 2. The lowest BCUT2D eigenvalue weighted by Gasteiger charge is -2.09. The fourth-order valence-corrected chi connectivity index (χ4v) is 2.20. The number of nitrogens with one attached hydrogen (secondary N) is 1. The van der Waals surface area contributed by atoms with E-state index in [2.05, 4.69) is 10.3 Å². The van der Waals surface area contributed by atoms with Gasteiger partial charge in [0.1, 0.15) is 5.75 Å². The minimum Gasteiger partial charge on any atom is -0.508 e. The number of nitrogens with zero attached hydrogens (tertiary/aromatic N) is 1. The molecule has 0 fully saturated rings. The van der Waals surface area contributed by atoms with Crippen LogP contribution in [0.2, 0.25) is 0 Å². The van der Waals surface area contributed by atoms with Crippen LogP contribution in [0.25, 0.3) is 10.9 Å². The van der Waals surface area contributed by atoms with E-state index in [9.17, 15) is 9.90 Å². The van der Waals surface area contributed by atoms with Crippen LogP contribution in [-0.4, -0.2) is 16.0 Å². The fourth-order valence-electron chi connectivity index (χ4n) is 2.20. The fraction of sp³-hybridized carbons (Fsp3) is 0.0588. The third-order valence-corrected chi connectivity index (χ3v) is 3.35. The second-order valence-electron chi connectivity index (χ2n) is 4.83. The maximum atomic E-state index is 12.3. The molecule has 4 nitrogen and oxygen atoms in total. The number of hydrogen-bond acceptors (Lipinski definition) is 3. The van der Waals surface area contributed by atoms with Crippen LogP contribution in [0.1, 0.15) is 15.9 Å². The first kappa shape index (κ1) is 13.1. The second-order valence-corrected chi connectivity index (χ2v) is 4.83. The molecule has 2 N–H and O–H groups in total. The number of aryl methyl sites for hydroxylation is 1. The maximum Gasteiger partial charge on any atom is 0.255 e. The molecule has 104 valence electrons. The molecule has 0 spiro atoms. The smallest absolute Gasteiger partial charge is 0.255 e. The van der Waals surface area contributed by atoms with E-state index in [-0.39, 0.29) is 11.7 Å². The lowest BCUT2D eigenvalue weighted by molar-refractivity contribution is 0.102. The van der Waals surface area contributed by atoms with Gasteiger partial charge in [0.2, 0.25) is 0 Å². The van der Waals surface area contributed by atoms with E-state index >= 15 is 0 Å². The highest BCUT2D eigenvalue weighted by Gasteiger charge is 2.09. The average molecular weight is 278 g/mol. The van der Waals surface area contributed by atoms with Crippen LogP contribution in [0.3, 0.4) is 0 Å². The zero-order valence-corrected chi connectivity index (χ0v) is 11.5. The number of phenolic OH excluding ortho intramolecular Hbond substituents is 1. The average Bonchev–Trinajstić information content (AvgIpc) is 2.50. The third kappa shape index (κ3) is 2.56. The summed E-state index contributed by atoms with van der Waals surface area (Å²) >= 11 is 0. The summed E-state index contributed by atoms with van der Waals surface area (Å²) in [6.07, 6.45) is 1.72. The molecule has 0 saturated heterocycles. The molecule has 0 aliphatic rings. The molecule has 3 aromatic rings. The largest absolute Gasteiger partial charge is 0.508 e. The van der Waals surface area contributed by atoms with Crippen molar-refractivity contribution in [3.05, 3.63) is 65.9 Å². The Morgan fingerprint density at radius 2 is 2.00 bits per heavy atom. The Bertz CT molecular complexity index is 823. The van der Waals surface area contributed by atoms with E-state index in [0.29, 0.717) is 11.1 Å². The molecule has 0 aliphatic heterocycles. The van der Waals surface area contributed by atoms with Crippen molar-refractivity contribution in [3.63, 3.8) is 0 Å². The number of fused-ring (bicyclic) bond motifs is 1. The van der Waals surface area contributed by atoms with Gasteiger partial charge in [0.05, 0.1) is 11.2 Å². The number of pyridine rings is 1. The van der Waals surface area contributed by atoms with Gasteiger partial charge in [0.25, 0.3) is 5.91 Å². The highest BCUT2D eigenvalue weighted by molar-refractivity contribution is 6.08. The molecule has 0 saturated carbocycles. The molecule has 0 radical (unpaired) electrons. The van der Waals surface area contributed by atoms with E-state index in [1.54, 1.807) is 25.3 Å². The number of benzene rings is 2. The highest BCUT2D eigenvalue weighted by Crippen LogP contribution is 2.23. The van der Waals surface area contributed by atoms with Gasteiger partial charge in [-0.05, 0) is 55.0 Å². The Balaban J connectivity index is 1.94. The highest BCUT2D eigenvalue weighted by atomic mass is 16.3. The number of aromatic hydroxyl groups is 1. The summed E-state index contributed by atoms with van der Waals surface area (Å²) < 4.78 is 0. The molecule has 0 aliphatic carbocycles. The summed E-state index contributed by atoms with van der Waals surface area (Å²) in [5.74, 6) is -0.0321. The van der Waals surface area contributed by atoms with Crippen molar-refractivity contribution in [2.75, 3.05) is 5.32 Å². The molecule has 0 bridgehead atoms. The Morgan fingerprint density at radius 1 is 1.14 bits per heavy atom. The van der Waals surface area contributed by atoms with Gasteiger partial charge in [-0.15, -0.1) is 0 Å². The summed E-state index contributed by atoms with van der Waals surface area (Å²) in [6, 6.07) is 14.1. The van der Waals surface area contributed by atoms with E-state index in [1.165, 1.54) is 6.07 Å². The molecular formula is C17H14N2O2. The number of aromatic nitrogens is 1. The summed E-state index contributed by atoms with van der Waals surface area (Å²) in [7, 11) is 0. The van der Waals surface area contributed by atoms with E-state index < -0.39 is 0 Å². The normalized spacial score (nSPS) is 10.5. The number of phenols is 1. The van der Waals surface area contributed by atoms with Gasteiger partial charge < -0.3 is 10.4 Å². The van der Waals surface area contributed by atoms with Gasteiger partial charge >= 0.3 is 0 Å². The van der Waals surface area contributed by atoms with Gasteiger partial charge in [-0.2, -0.15) is 0 Å². The number of rotatable bonds is 2. The maximum absolute atomic E-state index is 12.3. The Kier molecular flexibility index (Phi) is 3.28. The molecule has 0 unspecified atom stereocenters. The number of carbonyl (C=O) groups excluding carboxylic acids is 1. The van der Waals surface area contributed by atoms with Crippen LogP contribution >= 0.6 is 0 Å². The summed E-state index contributed by atoms with van der Waals surface area (Å²) in [5, 5.41) is 13.3. The van der Waals surface area contributed by atoms with E-state index in [0.717, 1.165) is 16.6 Å². The van der Waals surface area contributed by atoms with Crippen molar-refractivity contribution in [2.24, 2.45) is 0 Å². The molecular weight excluding hydrogens is 264 g/mol. The Morgan fingerprint density at radius 3 is 2.81 bits per heavy atom. The van der Waals surface area contributed by atoms with Crippen LogP contribution in [-0.2, 0) is 0 Å². The van der Waals surface area contributed by atoms with Crippen molar-refractivity contribution >= 4 is 22.5 Å². The predicted molar refractivity (Wildman–Crippen MR) is 82.5 cm³/mol. The molecule has 4 heteroatoms. The summed E-state index contributed by atoms with van der Waals surface area (Å²) in [4.78, 5) is 16.6. The quantitative estimate of drug-likeness (QED) is 0.754. The predicted octanol–water partition coefficient (Wildman–Crippen LogP) is 3.50. The Hall–Kier alpha value is -2.88. The molecule has 2 aromatic carbocycles. The standard InChI is InChI=1S/C17H14N2O2/c1-11-10-12(7-8-16(11)20)17(21)19-15-6-2-5-14-13(15)4-3-9-18-14/h2-10,20H,1H3,(H,19,21).